The van der Waals surface area contributed by atoms with Gasteiger partial charge in [0.1, 0.15) is 0 Å². The Balaban J connectivity index is 2.17. The summed E-state index contributed by atoms with van der Waals surface area (Å²) in [6.45, 7) is 1.55. The minimum Gasteiger partial charge on any atom is -0.385 e. The van der Waals surface area contributed by atoms with E-state index in [0.29, 0.717) is 0 Å². The zero-order chi connectivity index (χ0) is 13.7. The van der Waals surface area contributed by atoms with E-state index in [9.17, 15) is 0 Å². The van der Waals surface area contributed by atoms with Gasteiger partial charge in [-0.05, 0) is 34.5 Å². The number of nitrogens with one attached hydrogen (secondary N) is 1. The number of hydrogen-bond donors (Lipinski definition) is 2. The van der Waals surface area contributed by atoms with Crippen LogP contribution in [-0.4, -0.2) is 23.5 Å². The summed E-state index contributed by atoms with van der Waals surface area (Å²) >= 11 is 5.13. The molecule has 2 rings (SSSR count). The minimum atomic E-state index is -0.0404. The van der Waals surface area contributed by atoms with Crippen molar-refractivity contribution in [3.8, 4) is 0 Å². The number of nitrogens with two attached hydrogens (primary N) is 1. The first-order chi connectivity index (χ1) is 9.26. The van der Waals surface area contributed by atoms with Crippen LogP contribution in [0.25, 0.3) is 0 Å². The fourth-order valence-corrected chi connectivity index (χ4v) is 3.44. The molecule has 104 valence electrons. The molecular weight excluding hydrogens is 328 g/mol. The summed E-state index contributed by atoms with van der Waals surface area (Å²) in [6.07, 6.45) is 2.73. The Hall–Kier alpha value is -0.730. The number of aromatic nitrogens is 2. The Morgan fingerprint density at radius 2 is 2.47 bits per heavy atom. The van der Waals surface area contributed by atoms with Crippen LogP contribution in [-0.2, 0) is 11.3 Å². The lowest BCUT2D eigenvalue weighted by atomic mass is 10.2. The SMILES string of the molecule is COCCCn1nccc1C(NN)c1cc(Br)cs1. The molecule has 0 spiro atoms. The van der Waals surface area contributed by atoms with Crippen LogP contribution in [0, 0.1) is 0 Å². The van der Waals surface area contributed by atoms with Crippen LogP contribution >= 0.6 is 27.3 Å². The van der Waals surface area contributed by atoms with Gasteiger partial charge in [-0.1, -0.05) is 0 Å². The molecule has 0 aliphatic carbocycles. The molecule has 2 aromatic rings. The minimum absolute atomic E-state index is 0.0404. The van der Waals surface area contributed by atoms with E-state index in [0.717, 1.165) is 34.6 Å². The van der Waals surface area contributed by atoms with E-state index in [2.05, 4.69) is 32.5 Å². The summed E-state index contributed by atoms with van der Waals surface area (Å²) in [4.78, 5) is 1.16. The Kier molecular flexibility index (Phi) is 5.53. The molecule has 0 aliphatic heterocycles. The maximum atomic E-state index is 5.70. The summed E-state index contributed by atoms with van der Waals surface area (Å²) < 4.78 is 8.11. The fraction of sp³-hybridized carbons (Fsp3) is 0.417. The number of halogens is 1. The maximum absolute atomic E-state index is 5.70. The van der Waals surface area contributed by atoms with Gasteiger partial charge in [0.15, 0.2) is 0 Å². The van der Waals surface area contributed by atoms with E-state index in [4.69, 9.17) is 10.6 Å². The molecule has 19 heavy (non-hydrogen) atoms. The summed E-state index contributed by atoms with van der Waals surface area (Å²) in [6, 6.07) is 4.02. The van der Waals surface area contributed by atoms with Crippen molar-refractivity contribution in [3.05, 3.63) is 38.8 Å². The number of hydrazine groups is 1. The number of methoxy groups -OCH3 is 1. The molecule has 3 N–H and O–H groups in total. The number of hydrogen-bond acceptors (Lipinski definition) is 5. The van der Waals surface area contributed by atoms with Gasteiger partial charge in [0.2, 0.25) is 0 Å². The molecule has 0 aliphatic rings. The number of thiophene rings is 1. The average Bonchev–Trinajstić information content (AvgIpc) is 3.01. The van der Waals surface area contributed by atoms with Gasteiger partial charge in [-0.3, -0.25) is 10.5 Å². The topological polar surface area (TPSA) is 65.1 Å². The van der Waals surface area contributed by atoms with Crippen molar-refractivity contribution < 1.29 is 4.74 Å². The van der Waals surface area contributed by atoms with Gasteiger partial charge in [0.05, 0.1) is 11.7 Å². The van der Waals surface area contributed by atoms with Crippen LogP contribution in [0.3, 0.4) is 0 Å². The van der Waals surface area contributed by atoms with Crippen molar-refractivity contribution in [1.29, 1.82) is 0 Å². The fourth-order valence-electron chi connectivity index (χ4n) is 1.93. The number of aryl methyl sites for hydroxylation is 1. The quantitative estimate of drug-likeness (QED) is 0.459. The van der Waals surface area contributed by atoms with Crippen molar-refractivity contribution in [2.24, 2.45) is 5.84 Å². The van der Waals surface area contributed by atoms with Gasteiger partial charge >= 0.3 is 0 Å². The molecule has 0 saturated carbocycles. The molecule has 2 heterocycles. The lowest BCUT2D eigenvalue weighted by Gasteiger charge is -2.16. The molecule has 0 saturated heterocycles. The van der Waals surface area contributed by atoms with Gasteiger partial charge in [-0.15, -0.1) is 11.3 Å². The van der Waals surface area contributed by atoms with Crippen LogP contribution in [0.2, 0.25) is 0 Å². The molecule has 0 aromatic carbocycles. The van der Waals surface area contributed by atoms with Crippen molar-refractivity contribution >= 4 is 27.3 Å². The zero-order valence-corrected chi connectivity index (χ0v) is 13.1. The second-order valence-electron chi connectivity index (χ2n) is 4.09. The molecule has 0 amide bonds. The third-order valence-electron chi connectivity index (χ3n) is 2.80. The molecule has 0 bridgehead atoms. The van der Waals surface area contributed by atoms with Crippen molar-refractivity contribution in [2.45, 2.75) is 19.0 Å². The largest absolute Gasteiger partial charge is 0.385 e. The lowest BCUT2D eigenvalue weighted by Crippen LogP contribution is -2.30. The normalized spacial score (nSPS) is 12.8. The smallest absolute Gasteiger partial charge is 0.0970 e. The van der Waals surface area contributed by atoms with Gasteiger partial charge in [-0.2, -0.15) is 5.10 Å². The van der Waals surface area contributed by atoms with E-state index >= 15 is 0 Å². The number of ether oxygens (including phenoxy) is 1. The average molecular weight is 345 g/mol. The summed E-state index contributed by atoms with van der Waals surface area (Å²) in [5.74, 6) is 5.70. The van der Waals surface area contributed by atoms with E-state index in [1.165, 1.54) is 0 Å². The Morgan fingerprint density at radius 1 is 1.63 bits per heavy atom. The van der Waals surface area contributed by atoms with Crippen LogP contribution in [0.4, 0.5) is 0 Å². The van der Waals surface area contributed by atoms with E-state index < -0.39 is 0 Å². The molecule has 1 atom stereocenters. The zero-order valence-electron chi connectivity index (χ0n) is 10.7. The van der Waals surface area contributed by atoms with Crippen LogP contribution < -0.4 is 11.3 Å². The third kappa shape index (κ3) is 3.64. The van der Waals surface area contributed by atoms with Gasteiger partial charge in [-0.25, -0.2) is 5.43 Å². The predicted octanol–water partition coefficient (Wildman–Crippen LogP) is 2.30. The highest BCUT2D eigenvalue weighted by molar-refractivity contribution is 9.10. The summed E-state index contributed by atoms with van der Waals surface area (Å²) in [5.41, 5.74) is 3.93. The van der Waals surface area contributed by atoms with Crippen LogP contribution in [0.5, 0.6) is 0 Å². The molecule has 1 unspecified atom stereocenters. The summed E-state index contributed by atoms with van der Waals surface area (Å²) in [7, 11) is 1.71. The Morgan fingerprint density at radius 3 is 3.11 bits per heavy atom. The molecule has 7 heteroatoms. The van der Waals surface area contributed by atoms with Gasteiger partial charge in [0, 0.05) is 41.2 Å². The highest BCUT2D eigenvalue weighted by atomic mass is 79.9. The highest BCUT2D eigenvalue weighted by Crippen LogP contribution is 2.29. The number of rotatable bonds is 7. The van der Waals surface area contributed by atoms with E-state index in [-0.39, 0.29) is 6.04 Å². The van der Waals surface area contributed by atoms with Gasteiger partial charge in [0.25, 0.3) is 0 Å². The molecule has 0 fully saturated rings. The second-order valence-corrected chi connectivity index (χ2v) is 5.95. The van der Waals surface area contributed by atoms with Crippen LogP contribution in [0.1, 0.15) is 23.0 Å². The number of nitrogens with zero attached hydrogens (tertiary/aromatic N) is 2. The Labute approximate surface area is 124 Å². The van der Waals surface area contributed by atoms with Crippen molar-refractivity contribution in [1.82, 2.24) is 15.2 Å². The second kappa shape index (κ2) is 7.16. The Bertz CT molecular complexity index is 513. The predicted molar refractivity (Wildman–Crippen MR) is 79.9 cm³/mol. The van der Waals surface area contributed by atoms with E-state index in [1.807, 2.05) is 16.1 Å². The van der Waals surface area contributed by atoms with E-state index in [1.54, 1.807) is 24.6 Å². The lowest BCUT2D eigenvalue weighted by molar-refractivity contribution is 0.188. The molecular formula is C12H17BrN4OS. The first-order valence-corrected chi connectivity index (χ1v) is 7.64. The first-order valence-electron chi connectivity index (χ1n) is 5.97. The molecule has 5 nitrogen and oxygen atoms in total. The van der Waals surface area contributed by atoms with Crippen LogP contribution in [0.15, 0.2) is 28.2 Å². The standard InChI is InChI=1S/C12H17BrN4OS/c1-18-6-2-5-17-10(3-4-15-17)12(16-14)11-7-9(13)8-19-11/h3-4,7-8,12,16H,2,5-6,14H2,1H3. The monoisotopic (exact) mass is 344 g/mol. The maximum Gasteiger partial charge on any atom is 0.0970 e. The van der Waals surface area contributed by atoms with Crippen molar-refractivity contribution in [3.63, 3.8) is 0 Å². The first kappa shape index (κ1) is 14.7. The van der Waals surface area contributed by atoms with Crippen molar-refractivity contribution in [2.75, 3.05) is 13.7 Å². The van der Waals surface area contributed by atoms with Gasteiger partial charge < -0.3 is 4.74 Å². The summed E-state index contributed by atoms with van der Waals surface area (Å²) in [5, 5.41) is 6.39. The highest BCUT2D eigenvalue weighted by Gasteiger charge is 2.18. The molecule has 2 aromatic heterocycles. The molecule has 0 radical (unpaired) electrons. The third-order valence-corrected chi connectivity index (χ3v) is 4.56.